The van der Waals surface area contributed by atoms with Gasteiger partial charge in [0, 0.05) is 30.3 Å². The minimum Gasteiger partial charge on any atom is -0.497 e. The number of anilines is 1. The number of methoxy groups -OCH3 is 3. The highest BCUT2D eigenvalue weighted by Crippen LogP contribution is 2.22. The van der Waals surface area contributed by atoms with Crippen LogP contribution in [0.4, 0.5) is 5.69 Å². The van der Waals surface area contributed by atoms with Crippen molar-refractivity contribution in [3.05, 3.63) is 48.0 Å². The van der Waals surface area contributed by atoms with E-state index >= 15 is 0 Å². The summed E-state index contributed by atoms with van der Waals surface area (Å²) in [5, 5.41) is 5.46. The molecule has 138 valence electrons. The molecule has 0 atom stereocenters. The van der Waals surface area contributed by atoms with Gasteiger partial charge in [-0.15, -0.1) is 0 Å². The van der Waals surface area contributed by atoms with Crippen molar-refractivity contribution in [1.82, 2.24) is 5.32 Å². The molecule has 0 saturated carbocycles. The van der Waals surface area contributed by atoms with Crippen LogP contribution in [0.2, 0.25) is 0 Å². The topological polar surface area (TPSA) is 85.9 Å². The summed E-state index contributed by atoms with van der Waals surface area (Å²) < 4.78 is 15.3. The summed E-state index contributed by atoms with van der Waals surface area (Å²) in [5.74, 6) is 1.25. The number of benzene rings is 2. The first-order valence-electron chi connectivity index (χ1n) is 8.01. The normalized spacial score (nSPS) is 9.96. The third kappa shape index (κ3) is 5.41. The Labute approximate surface area is 152 Å². The number of amides is 2. The standard InChI is InChI=1S/C19H22N2O5/c1-24-15-6-4-14(5-7-15)21-18(22)8-9-20-19(23)13-10-16(25-2)12-17(11-13)26-3/h4-7,10-12H,8-9H2,1-3H3,(H,20,23)(H,21,22). The molecule has 0 aliphatic rings. The molecule has 26 heavy (non-hydrogen) atoms. The van der Waals surface area contributed by atoms with Crippen LogP contribution in [-0.4, -0.2) is 39.7 Å². The van der Waals surface area contributed by atoms with Crippen LogP contribution < -0.4 is 24.8 Å². The Bertz CT molecular complexity index is 737. The zero-order chi connectivity index (χ0) is 18.9. The number of carbonyl (C=O) groups is 2. The molecule has 0 unspecified atom stereocenters. The van der Waals surface area contributed by atoms with Gasteiger partial charge in [-0.3, -0.25) is 9.59 Å². The number of hydrogen-bond acceptors (Lipinski definition) is 5. The van der Waals surface area contributed by atoms with Gasteiger partial charge in [-0.25, -0.2) is 0 Å². The Morgan fingerprint density at radius 3 is 1.96 bits per heavy atom. The van der Waals surface area contributed by atoms with Gasteiger partial charge < -0.3 is 24.8 Å². The Hall–Kier alpha value is -3.22. The van der Waals surface area contributed by atoms with E-state index in [1.54, 1.807) is 49.6 Å². The van der Waals surface area contributed by atoms with Gasteiger partial charge in [-0.05, 0) is 36.4 Å². The molecule has 0 aromatic heterocycles. The molecular formula is C19H22N2O5. The van der Waals surface area contributed by atoms with Gasteiger partial charge in [0.2, 0.25) is 5.91 Å². The molecule has 7 heteroatoms. The Kier molecular flexibility index (Phi) is 6.84. The molecule has 2 N–H and O–H groups in total. The molecule has 0 spiro atoms. The van der Waals surface area contributed by atoms with Crippen molar-refractivity contribution < 1.29 is 23.8 Å². The van der Waals surface area contributed by atoms with Crippen molar-refractivity contribution in [3.63, 3.8) is 0 Å². The van der Waals surface area contributed by atoms with E-state index in [0.29, 0.717) is 28.5 Å². The zero-order valence-electron chi connectivity index (χ0n) is 15.0. The van der Waals surface area contributed by atoms with Crippen LogP contribution >= 0.6 is 0 Å². The van der Waals surface area contributed by atoms with Crippen molar-refractivity contribution >= 4 is 17.5 Å². The van der Waals surface area contributed by atoms with Crippen LogP contribution in [0.1, 0.15) is 16.8 Å². The first kappa shape index (κ1) is 19.1. The van der Waals surface area contributed by atoms with Gasteiger partial charge in [0.25, 0.3) is 5.91 Å². The summed E-state index contributed by atoms with van der Waals surface area (Å²) in [6.45, 7) is 0.209. The van der Waals surface area contributed by atoms with E-state index in [1.807, 2.05) is 0 Å². The monoisotopic (exact) mass is 358 g/mol. The average molecular weight is 358 g/mol. The van der Waals surface area contributed by atoms with Crippen molar-refractivity contribution in [3.8, 4) is 17.2 Å². The fraction of sp³-hybridized carbons (Fsp3) is 0.263. The third-order valence-electron chi connectivity index (χ3n) is 3.63. The van der Waals surface area contributed by atoms with Crippen molar-refractivity contribution in [2.24, 2.45) is 0 Å². The fourth-order valence-electron chi connectivity index (χ4n) is 2.23. The summed E-state index contributed by atoms with van der Waals surface area (Å²) in [6, 6.07) is 11.9. The molecule has 0 aliphatic heterocycles. The molecule has 0 radical (unpaired) electrons. The number of carbonyl (C=O) groups excluding carboxylic acids is 2. The third-order valence-corrected chi connectivity index (χ3v) is 3.63. The molecule has 0 aliphatic carbocycles. The molecule has 2 aromatic rings. The molecular weight excluding hydrogens is 336 g/mol. The second-order valence-electron chi connectivity index (χ2n) is 5.38. The van der Waals surface area contributed by atoms with Crippen LogP contribution in [0.15, 0.2) is 42.5 Å². The summed E-state index contributed by atoms with van der Waals surface area (Å²) in [6.07, 6.45) is 0.152. The number of rotatable bonds is 8. The summed E-state index contributed by atoms with van der Waals surface area (Å²) in [4.78, 5) is 24.2. The van der Waals surface area contributed by atoms with Gasteiger partial charge >= 0.3 is 0 Å². The van der Waals surface area contributed by atoms with E-state index in [9.17, 15) is 9.59 Å². The highest BCUT2D eigenvalue weighted by molar-refractivity contribution is 5.96. The summed E-state index contributed by atoms with van der Waals surface area (Å²) in [5.41, 5.74) is 1.07. The first-order valence-corrected chi connectivity index (χ1v) is 8.01. The SMILES string of the molecule is COc1ccc(NC(=O)CCNC(=O)c2cc(OC)cc(OC)c2)cc1. The summed E-state index contributed by atoms with van der Waals surface area (Å²) >= 11 is 0. The lowest BCUT2D eigenvalue weighted by Gasteiger charge is -2.10. The van der Waals surface area contributed by atoms with E-state index in [2.05, 4.69) is 10.6 Å². The molecule has 0 bridgehead atoms. The molecule has 0 saturated heterocycles. The second kappa shape index (κ2) is 9.31. The Balaban J connectivity index is 1.84. The lowest BCUT2D eigenvalue weighted by atomic mass is 10.2. The molecule has 2 aromatic carbocycles. The van der Waals surface area contributed by atoms with Gasteiger partial charge in [0.15, 0.2) is 0 Å². The molecule has 7 nitrogen and oxygen atoms in total. The minimum atomic E-state index is -0.306. The van der Waals surface area contributed by atoms with Crippen molar-refractivity contribution in [2.75, 3.05) is 33.2 Å². The maximum Gasteiger partial charge on any atom is 0.251 e. The predicted octanol–water partition coefficient (Wildman–Crippen LogP) is 2.47. The van der Waals surface area contributed by atoms with Gasteiger partial charge in [0.1, 0.15) is 17.2 Å². The van der Waals surface area contributed by atoms with Gasteiger partial charge in [-0.2, -0.15) is 0 Å². The number of nitrogens with one attached hydrogen (secondary N) is 2. The molecule has 2 amide bonds. The second-order valence-corrected chi connectivity index (χ2v) is 5.38. The van der Waals surface area contributed by atoms with E-state index in [0.717, 1.165) is 0 Å². The first-order chi connectivity index (χ1) is 12.5. The summed E-state index contributed by atoms with van der Waals surface area (Å²) in [7, 11) is 4.61. The zero-order valence-corrected chi connectivity index (χ0v) is 15.0. The largest absolute Gasteiger partial charge is 0.497 e. The highest BCUT2D eigenvalue weighted by atomic mass is 16.5. The number of ether oxygens (including phenoxy) is 3. The maximum atomic E-state index is 12.2. The Morgan fingerprint density at radius 2 is 1.42 bits per heavy atom. The lowest BCUT2D eigenvalue weighted by molar-refractivity contribution is -0.116. The maximum absolute atomic E-state index is 12.2. The van der Waals surface area contributed by atoms with Crippen LogP contribution in [0.3, 0.4) is 0 Å². The Morgan fingerprint density at radius 1 is 0.846 bits per heavy atom. The lowest BCUT2D eigenvalue weighted by Crippen LogP contribution is -2.27. The van der Waals surface area contributed by atoms with E-state index < -0.39 is 0 Å². The van der Waals surface area contributed by atoms with Crippen LogP contribution in [0.5, 0.6) is 17.2 Å². The molecule has 0 heterocycles. The van der Waals surface area contributed by atoms with Crippen molar-refractivity contribution in [1.29, 1.82) is 0 Å². The molecule has 2 rings (SSSR count). The predicted molar refractivity (Wildman–Crippen MR) is 98.1 cm³/mol. The van der Waals surface area contributed by atoms with Gasteiger partial charge in [-0.1, -0.05) is 0 Å². The van der Waals surface area contributed by atoms with E-state index in [-0.39, 0.29) is 24.8 Å². The fourth-order valence-corrected chi connectivity index (χ4v) is 2.23. The average Bonchev–Trinajstić information content (AvgIpc) is 2.67. The van der Waals surface area contributed by atoms with Crippen LogP contribution in [0, 0.1) is 0 Å². The van der Waals surface area contributed by atoms with Crippen molar-refractivity contribution in [2.45, 2.75) is 6.42 Å². The minimum absolute atomic E-state index is 0.152. The quantitative estimate of drug-likeness (QED) is 0.757. The van der Waals surface area contributed by atoms with E-state index in [4.69, 9.17) is 14.2 Å². The van der Waals surface area contributed by atoms with Crippen LogP contribution in [0.25, 0.3) is 0 Å². The van der Waals surface area contributed by atoms with Gasteiger partial charge in [0.05, 0.1) is 21.3 Å². The smallest absolute Gasteiger partial charge is 0.251 e. The number of hydrogen-bond donors (Lipinski definition) is 2. The molecule has 0 fully saturated rings. The highest BCUT2D eigenvalue weighted by Gasteiger charge is 2.10. The van der Waals surface area contributed by atoms with Crippen LogP contribution in [-0.2, 0) is 4.79 Å². The van der Waals surface area contributed by atoms with E-state index in [1.165, 1.54) is 14.2 Å².